The van der Waals surface area contributed by atoms with Crippen molar-refractivity contribution < 1.29 is 19.1 Å². The van der Waals surface area contributed by atoms with Crippen molar-refractivity contribution in [2.75, 3.05) is 38.7 Å². The zero-order chi connectivity index (χ0) is 16.9. The maximum Gasteiger partial charge on any atom is 0.229 e. The second kappa shape index (κ2) is 7.61. The molecule has 1 N–H and O–H groups in total. The van der Waals surface area contributed by atoms with E-state index in [0.29, 0.717) is 43.7 Å². The molecule has 7 nitrogen and oxygen atoms in total. The number of hydrogen-bond donors (Lipinski definition) is 1. The van der Waals surface area contributed by atoms with Crippen molar-refractivity contribution in [3.8, 4) is 5.88 Å². The van der Waals surface area contributed by atoms with Crippen LogP contribution in [0.2, 0.25) is 0 Å². The van der Waals surface area contributed by atoms with Gasteiger partial charge in [0.15, 0.2) is 0 Å². The highest BCUT2D eigenvalue weighted by Gasteiger charge is 2.37. The van der Waals surface area contributed by atoms with Crippen LogP contribution in [0.5, 0.6) is 5.88 Å². The van der Waals surface area contributed by atoms with E-state index in [9.17, 15) is 9.59 Å². The van der Waals surface area contributed by atoms with Crippen LogP contribution >= 0.6 is 0 Å². The molecule has 7 heteroatoms. The highest BCUT2D eigenvalue weighted by Crippen LogP contribution is 2.32. The minimum atomic E-state index is -0.283. The number of carbonyl (C=O) groups is 2. The Morgan fingerprint density at radius 1 is 1.38 bits per heavy atom. The van der Waals surface area contributed by atoms with Gasteiger partial charge in [0, 0.05) is 32.7 Å². The summed E-state index contributed by atoms with van der Waals surface area (Å²) in [5.74, 6) is 0.801. The molecule has 1 saturated heterocycles. The average molecular weight is 333 g/mol. The second-order valence-corrected chi connectivity index (χ2v) is 6.36. The summed E-state index contributed by atoms with van der Waals surface area (Å²) in [5, 5.41) is 2.83. The van der Waals surface area contributed by atoms with Crippen LogP contribution in [-0.2, 0) is 14.3 Å². The summed E-state index contributed by atoms with van der Waals surface area (Å²) < 4.78 is 10.3. The van der Waals surface area contributed by atoms with Gasteiger partial charge < -0.3 is 19.7 Å². The average Bonchev–Trinajstić information content (AvgIpc) is 3.31. The van der Waals surface area contributed by atoms with Crippen LogP contribution in [0.1, 0.15) is 19.3 Å². The van der Waals surface area contributed by atoms with Gasteiger partial charge in [0.2, 0.25) is 17.7 Å². The third kappa shape index (κ3) is 4.44. The summed E-state index contributed by atoms with van der Waals surface area (Å²) in [6.07, 6.45) is 4.25. The van der Waals surface area contributed by atoms with Crippen molar-refractivity contribution in [1.29, 1.82) is 0 Å². The SMILES string of the molecule is COCCOc1ccc(NC(=O)C2CC(=O)N(CC3CC3)C2)cn1. The molecule has 1 aromatic rings. The van der Waals surface area contributed by atoms with E-state index < -0.39 is 0 Å². The highest BCUT2D eigenvalue weighted by molar-refractivity contribution is 5.97. The predicted molar refractivity (Wildman–Crippen MR) is 87.6 cm³/mol. The second-order valence-electron chi connectivity index (χ2n) is 6.36. The number of anilines is 1. The van der Waals surface area contributed by atoms with Crippen molar-refractivity contribution in [3.05, 3.63) is 18.3 Å². The largest absolute Gasteiger partial charge is 0.475 e. The first kappa shape index (κ1) is 16.7. The highest BCUT2D eigenvalue weighted by atomic mass is 16.5. The van der Waals surface area contributed by atoms with E-state index in [1.165, 1.54) is 12.8 Å². The van der Waals surface area contributed by atoms with E-state index in [4.69, 9.17) is 9.47 Å². The predicted octanol–water partition coefficient (Wildman–Crippen LogP) is 1.30. The number of carbonyl (C=O) groups excluding carboxylic acids is 2. The van der Waals surface area contributed by atoms with Crippen LogP contribution < -0.4 is 10.1 Å². The van der Waals surface area contributed by atoms with E-state index in [1.54, 1.807) is 25.4 Å². The van der Waals surface area contributed by atoms with Gasteiger partial charge in [-0.2, -0.15) is 0 Å². The normalized spacial score (nSPS) is 20.3. The van der Waals surface area contributed by atoms with Gasteiger partial charge in [0.05, 0.1) is 24.4 Å². The topological polar surface area (TPSA) is 80.8 Å². The number of amides is 2. The molecule has 1 aliphatic heterocycles. The summed E-state index contributed by atoms with van der Waals surface area (Å²) in [4.78, 5) is 30.3. The minimum Gasteiger partial charge on any atom is -0.475 e. The maximum atomic E-state index is 12.3. The van der Waals surface area contributed by atoms with Crippen LogP contribution in [0.15, 0.2) is 18.3 Å². The number of rotatable bonds is 8. The molecule has 1 aliphatic carbocycles. The van der Waals surface area contributed by atoms with Crippen LogP contribution in [0.25, 0.3) is 0 Å². The van der Waals surface area contributed by atoms with E-state index in [1.807, 2.05) is 4.90 Å². The molecule has 1 aromatic heterocycles. The van der Waals surface area contributed by atoms with E-state index in [-0.39, 0.29) is 17.7 Å². The van der Waals surface area contributed by atoms with Crippen LogP contribution in [0.4, 0.5) is 5.69 Å². The summed E-state index contributed by atoms with van der Waals surface area (Å²) in [5.41, 5.74) is 0.604. The molecule has 1 atom stereocenters. The lowest BCUT2D eigenvalue weighted by Crippen LogP contribution is -2.29. The Balaban J connectivity index is 1.48. The van der Waals surface area contributed by atoms with Crippen molar-refractivity contribution in [3.63, 3.8) is 0 Å². The first-order valence-corrected chi connectivity index (χ1v) is 8.32. The summed E-state index contributed by atoms with van der Waals surface area (Å²) in [6.45, 7) is 2.24. The Labute approximate surface area is 141 Å². The van der Waals surface area contributed by atoms with Gasteiger partial charge in [-0.15, -0.1) is 0 Å². The summed E-state index contributed by atoms with van der Waals surface area (Å²) in [7, 11) is 1.61. The molecule has 2 fully saturated rings. The number of nitrogens with zero attached hydrogens (tertiary/aromatic N) is 2. The molecule has 130 valence electrons. The molecule has 0 spiro atoms. The molecule has 2 heterocycles. The molecule has 24 heavy (non-hydrogen) atoms. The zero-order valence-electron chi connectivity index (χ0n) is 13.9. The molecule has 0 aromatic carbocycles. The molecule has 0 bridgehead atoms. The van der Waals surface area contributed by atoms with Crippen LogP contribution in [0, 0.1) is 11.8 Å². The first-order chi connectivity index (χ1) is 11.7. The van der Waals surface area contributed by atoms with E-state index in [0.717, 1.165) is 6.54 Å². The Morgan fingerprint density at radius 3 is 2.88 bits per heavy atom. The minimum absolute atomic E-state index is 0.0852. The Kier molecular flexibility index (Phi) is 5.30. The monoisotopic (exact) mass is 333 g/mol. The summed E-state index contributed by atoms with van der Waals surface area (Å²) in [6, 6.07) is 3.44. The van der Waals surface area contributed by atoms with E-state index >= 15 is 0 Å². The fourth-order valence-electron chi connectivity index (χ4n) is 2.75. The number of hydrogen-bond acceptors (Lipinski definition) is 5. The number of nitrogens with one attached hydrogen (secondary N) is 1. The molecule has 3 rings (SSSR count). The smallest absolute Gasteiger partial charge is 0.229 e. The Morgan fingerprint density at radius 2 is 2.21 bits per heavy atom. The lowest BCUT2D eigenvalue weighted by atomic mass is 10.1. The zero-order valence-corrected chi connectivity index (χ0v) is 13.9. The quantitative estimate of drug-likeness (QED) is 0.725. The van der Waals surface area contributed by atoms with Crippen LogP contribution in [0.3, 0.4) is 0 Å². The molecule has 0 radical (unpaired) electrons. The van der Waals surface area contributed by atoms with Gasteiger partial charge >= 0.3 is 0 Å². The van der Waals surface area contributed by atoms with Gasteiger partial charge in [-0.25, -0.2) is 4.98 Å². The number of methoxy groups -OCH3 is 1. The molecule has 2 amide bonds. The number of ether oxygens (including phenoxy) is 2. The van der Waals surface area contributed by atoms with Gasteiger partial charge in [-0.1, -0.05) is 0 Å². The lowest BCUT2D eigenvalue weighted by Gasteiger charge is -2.16. The molecule has 2 aliphatic rings. The fraction of sp³-hybridized carbons (Fsp3) is 0.588. The standard InChI is InChI=1S/C17H23N3O4/c1-23-6-7-24-15-5-4-14(9-18-15)19-17(22)13-8-16(21)20(11-13)10-12-2-3-12/h4-5,9,12-13H,2-3,6-8,10-11H2,1H3,(H,19,22). The van der Waals surface area contributed by atoms with Crippen LogP contribution in [-0.4, -0.2) is 55.1 Å². The first-order valence-electron chi connectivity index (χ1n) is 8.32. The molecular formula is C17H23N3O4. The third-order valence-electron chi connectivity index (χ3n) is 4.30. The van der Waals surface area contributed by atoms with Crippen molar-refractivity contribution in [2.45, 2.75) is 19.3 Å². The molecule has 1 unspecified atom stereocenters. The fourth-order valence-corrected chi connectivity index (χ4v) is 2.75. The maximum absolute atomic E-state index is 12.3. The van der Waals surface area contributed by atoms with E-state index in [2.05, 4.69) is 10.3 Å². The number of aromatic nitrogens is 1. The van der Waals surface area contributed by atoms with Crippen molar-refractivity contribution in [2.24, 2.45) is 11.8 Å². The molecule has 1 saturated carbocycles. The molecular weight excluding hydrogens is 310 g/mol. The lowest BCUT2D eigenvalue weighted by molar-refractivity contribution is -0.128. The Bertz CT molecular complexity index is 586. The van der Waals surface area contributed by atoms with Crippen molar-refractivity contribution in [1.82, 2.24) is 9.88 Å². The summed E-state index contributed by atoms with van der Waals surface area (Å²) >= 11 is 0. The van der Waals surface area contributed by atoms with Gasteiger partial charge in [-0.05, 0) is 24.8 Å². The van der Waals surface area contributed by atoms with Gasteiger partial charge in [0.25, 0.3) is 0 Å². The van der Waals surface area contributed by atoms with Gasteiger partial charge in [0.1, 0.15) is 6.61 Å². The number of likely N-dealkylation sites (tertiary alicyclic amines) is 1. The van der Waals surface area contributed by atoms with Crippen molar-refractivity contribution >= 4 is 17.5 Å². The third-order valence-corrected chi connectivity index (χ3v) is 4.30. The Hall–Kier alpha value is -2.15. The number of pyridine rings is 1. The van der Waals surface area contributed by atoms with Gasteiger partial charge in [-0.3, -0.25) is 9.59 Å².